The number of methoxy groups -OCH3 is 2. The van der Waals surface area contributed by atoms with Crippen LogP contribution in [0.3, 0.4) is 0 Å². The van der Waals surface area contributed by atoms with E-state index in [1.54, 1.807) is 7.11 Å². The molecule has 1 aromatic rings. The van der Waals surface area contributed by atoms with Crippen molar-refractivity contribution in [3.8, 4) is 5.75 Å². The van der Waals surface area contributed by atoms with Crippen LogP contribution in [-0.4, -0.2) is 20.2 Å². The third-order valence-electron chi connectivity index (χ3n) is 2.00. The van der Waals surface area contributed by atoms with Gasteiger partial charge in [0.15, 0.2) is 0 Å². The van der Waals surface area contributed by atoms with Crippen molar-refractivity contribution in [2.24, 2.45) is 0 Å². The number of aryl methyl sites for hydroxylation is 1. The van der Waals surface area contributed by atoms with Crippen LogP contribution in [0.25, 0.3) is 0 Å². The van der Waals surface area contributed by atoms with Crippen molar-refractivity contribution in [2.75, 3.05) is 14.2 Å². The van der Waals surface area contributed by atoms with Crippen molar-refractivity contribution >= 4 is 5.97 Å². The van der Waals surface area contributed by atoms with Gasteiger partial charge in [-0.15, -0.1) is 0 Å². The van der Waals surface area contributed by atoms with Crippen molar-refractivity contribution in [2.45, 2.75) is 13.3 Å². The summed E-state index contributed by atoms with van der Waals surface area (Å²) in [5, 5.41) is 0. The van der Waals surface area contributed by atoms with E-state index in [1.807, 2.05) is 25.1 Å². The predicted molar refractivity (Wildman–Crippen MR) is 53.5 cm³/mol. The van der Waals surface area contributed by atoms with Gasteiger partial charge in [0.1, 0.15) is 5.75 Å². The summed E-state index contributed by atoms with van der Waals surface area (Å²) in [5.74, 6) is 0.468. The second kappa shape index (κ2) is 4.65. The average molecular weight is 194 g/mol. The van der Waals surface area contributed by atoms with Gasteiger partial charge in [-0.25, -0.2) is 0 Å². The first-order valence-corrected chi connectivity index (χ1v) is 4.37. The molecule has 0 aromatic heterocycles. The van der Waals surface area contributed by atoms with E-state index in [2.05, 4.69) is 4.74 Å². The minimum absolute atomic E-state index is 0.251. The number of hydrogen-bond acceptors (Lipinski definition) is 3. The van der Waals surface area contributed by atoms with Crippen LogP contribution in [0.2, 0.25) is 0 Å². The first kappa shape index (κ1) is 10.6. The Bertz CT molecular complexity index is 331. The normalized spacial score (nSPS) is 9.64. The summed E-state index contributed by atoms with van der Waals surface area (Å²) in [6, 6.07) is 5.73. The standard InChI is InChI=1S/C11H14O3/c1-8-4-5-10(13-2)9(6-8)7-11(12)14-3/h4-6H,7H2,1-3H3. The Kier molecular flexibility index (Phi) is 3.51. The maximum atomic E-state index is 11.1. The van der Waals surface area contributed by atoms with E-state index in [0.717, 1.165) is 16.9 Å². The lowest BCUT2D eigenvalue weighted by Gasteiger charge is -2.07. The molecule has 0 aliphatic heterocycles. The fourth-order valence-electron chi connectivity index (χ4n) is 1.27. The van der Waals surface area contributed by atoms with Gasteiger partial charge in [-0.2, -0.15) is 0 Å². The van der Waals surface area contributed by atoms with Crippen LogP contribution in [0.4, 0.5) is 0 Å². The molecule has 1 rings (SSSR count). The van der Waals surface area contributed by atoms with Gasteiger partial charge < -0.3 is 9.47 Å². The Morgan fingerprint density at radius 3 is 2.64 bits per heavy atom. The fourth-order valence-corrected chi connectivity index (χ4v) is 1.27. The number of hydrogen-bond donors (Lipinski definition) is 0. The zero-order valence-corrected chi connectivity index (χ0v) is 8.66. The van der Waals surface area contributed by atoms with Crippen LogP contribution in [0.5, 0.6) is 5.75 Å². The van der Waals surface area contributed by atoms with E-state index < -0.39 is 0 Å². The molecule has 0 atom stereocenters. The Hall–Kier alpha value is -1.51. The Morgan fingerprint density at radius 2 is 2.07 bits per heavy atom. The van der Waals surface area contributed by atoms with Crippen molar-refractivity contribution < 1.29 is 14.3 Å². The molecule has 0 bridgehead atoms. The van der Waals surface area contributed by atoms with E-state index in [9.17, 15) is 4.79 Å². The second-order valence-corrected chi connectivity index (χ2v) is 3.07. The van der Waals surface area contributed by atoms with Gasteiger partial charge in [0.2, 0.25) is 0 Å². The molecule has 0 unspecified atom stereocenters. The summed E-state index contributed by atoms with van der Waals surface area (Å²) in [7, 11) is 2.97. The van der Waals surface area contributed by atoms with Gasteiger partial charge in [-0.1, -0.05) is 17.7 Å². The van der Waals surface area contributed by atoms with Crippen molar-refractivity contribution in [1.29, 1.82) is 0 Å². The monoisotopic (exact) mass is 194 g/mol. The lowest BCUT2D eigenvalue weighted by atomic mass is 10.1. The molecule has 0 amide bonds. The lowest BCUT2D eigenvalue weighted by molar-refractivity contribution is -0.139. The topological polar surface area (TPSA) is 35.5 Å². The summed E-state index contributed by atoms with van der Waals surface area (Å²) in [6.07, 6.45) is 0.251. The van der Waals surface area contributed by atoms with Gasteiger partial charge in [0.25, 0.3) is 0 Å². The second-order valence-electron chi connectivity index (χ2n) is 3.07. The van der Waals surface area contributed by atoms with E-state index in [0.29, 0.717) is 0 Å². The van der Waals surface area contributed by atoms with Crippen LogP contribution in [0.1, 0.15) is 11.1 Å². The quantitative estimate of drug-likeness (QED) is 0.687. The SMILES string of the molecule is COC(=O)Cc1cc(C)ccc1OC. The van der Waals surface area contributed by atoms with Crippen LogP contribution in [-0.2, 0) is 16.0 Å². The molecule has 0 saturated carbocycles. The predicted octanol–water partition coefficient (Wildman–Crippen LogP) is 1.72. The number of esters is 1. The van der Waals surface area contributed by atoms with Gasteiger partial charge >= 0.3 is 5.97 Å². The number of benzene rings is 1. The van der Waals surface area contributed by atoms with E-state index >= 15 is 0 Å². The first-order chi connectivity index (χ1) is 6.67. The number of carbonyl (C=O) groups excluding carboxylic acids is 1. The highest BCUT2D eigenvalue weighted by Crippen LogP contribution is 2.20. The molecule has 0 N–H and O–H groups in total. The molecule has 0 radical (unpaired) electrons. The zero-order valence-electron chi connectivity index (χ0n) is 8.66. The largest absolute Gasteiger partial charge is 0.496 e. The molecular formula is C11H14O3. The third-order valence-corrected chi connectivity index (χ3v) is 2.00. The van der Waals surface area contributed by atoms with Gasteiger partial charge in [-0.3, -0.25) is 4.79 Å². The van der Waals surface area contributed by atoms with E-state index in [1.165, 1.54) is 7.11 Å². The molecule has 1 aromatic carbocycles. The molecule has 0 aliphatic carbocycles. The van der Waals surface area contributed by atoms with Crippen molar-refractivity contribution in [3.05, 3.63) is 29.3 Å². The maximum Gasteiger partial charge on any atom is 0.310 e. The summed E-state index contributed by atoms with van der Waals surface area (Å²) in [4.78, 5) is 11.1. The molecule has 0 saturated heterocycles. The lowest BCUT2D eigenvalue weighted by Crippen LogP contribution is -2.06. The fraction of sp³-hybridized carbons (Fsp3) is 0.364. The highest BCUT2D eigenvalue weighted by molar-refractivity contribution is 5.73. The summed E-state index contributed by atoms with van der Waals surface area (Å²) < 4.78 is 9.74. The molecular weight excluding hydrogens is 180 g/mol. The molecule has 0 aliphatic rings. The molecule has 3 heteroatoms. The Labute approximate surface area is 83.6 Å². The van der Waals surface area contributed by atoms with Gasteiger partial charge in [0, 0.05) is 5.56 Å². The van der Waals surface area contributed by atoms with Crippen molar-refractivity contribution in [1.82, 2.24) is 0 Å². The Balaban J connectivity index is 2.93. The van der Waals surface area contributed by atoms with Gasteiger partial charge in [-0.05, 0) is 13.0 Å². The first-order valence-electron chi connectivity index (χ1n) is 4.37. The number of carbonyl (C=O) groups is 1. The van der Waals surface area contributed by atoms with E-state index in [-0.39, 0.29) is 12.4 Å². The third kappa shape index (κ3) is 2.49. The van der Waals surface area contributed by atoms with Gasteiger partial charge in [0.05, 0.1) is 20.6 Å². The Morgan fingerprint density at radius 1 is 1.36 bits per heavy atom. The molecule has 76 valence electrons. The zero-order chi connectivity index (χ0) is 10.6. The van der Waals surface area contributed by atoms with Crippen molar-refractivity contribution in [3.63, 3.8) is 0 Å². The highest BCUT2D eigenvalue weighted by Gasteiger charge is 2.08. The molecule has 0 heterocycles. The smallest absolute Gasteiger partial charge is 0.310 e. The van der Waals surface area contributed by atoms with Crippen LogP contribution >= 0.6 is 0 Å². The minimum Gasteiger partial charge on any atom is -0.496 e. The molecule has 3 nitrogen and oxygen atoms in total. The molecule has 0 fully saturated rings. The summed E-state index contributed by atoms with van der Waals surface area (Å²) in [5.41, 5.74) is 1.96. The number of ether oxygens (including phenoxy) is 2. The number of rotatable bonds is 3. The summed E-state index contributed by atoms with van der Waals surface area (Å²) in [6.45, 7) is 1.97. The molecule has 14 heavy (non-hydrogen) atoms. The van der Waals surface area contributed by atoms with E-state index in [4.69, 9.17) is 4.74 Å². The van der Waals surface area contributed by atoms with Crippen LogP contribution < -0.4 is 4.74 Å². The highest BCUT2D eigenvalue weighted by atomic mass is 16.5. The summed E-state index contributed by atoms with van der Waals surface area (Å²) >= 11 is 0. The minimum atomic E-state index is -0.256. The van der Waals surface area contributed by atoms with Crippen LogP contribution in [0, 0.1) is 6.92 Å². The van der Waals surface area contributed by atoms with Crippen LogP contribution in [0.15, 0.2) is 18.2 Å². The maximum absolute atomic E-state index is 11.1. The molecule has 0 spiro atoms. The average Bonchev–Trinajstić information content (AvgIpc) is 2.18.